The van der Waals surface area contributed by atoms with Gasteiger partial charge in [0.05, 0.1) is 21.8 Å². The smallest absolute Gasteiger partial charge is 0.292 e. The Labute approximate surface area is 164 Å². The number of aromatic nitrogens is 2. The minimum absolute atomic E-state index is 0.215. The summed E-state index contributed by atoms with van der Waals surface area (Å²) in [5.41, 5.74) is 1.64. The van der Waals surface area contributed by atoms with Crippen molar-refractivity contribution >= 4 is 45.8 Å². The summed E-state index contributed by atoms with van der Waals surface area (Å²) in [6.07, 6.45) is 1.44. The van der Waals surface area contributed by atoms with Crippen LogP contribution in [0.5, 0.6) is 5.75 Å². The highest BCUT2D eigenvalue weighted by Gasteiger charge is 2.13. The van der Waals surface area contributed by atoms with Crippen molar-refractivity contribution in [2.45, 2.75) is 6.61 Å². The average molecular weight is 402 g/mol. The van der Waals surface area contributed by atoms with E-state index in [0.717, 1.165) is 16.5 Å². The maximum atomic E-state index is 12.1. The lowest BCUT2D eigenvalue weighted by Crippen LogP contribution is -2.11. The minimum atomic E-state index is -0.367. The number of ether oxygens (including phenoxy) is 1. The summed E-state index contributed by atoms with van der Waals surface area (Å²) in [7, 11) is 0. The fraction of sp³-hybridized carbons (Fsp3) is 0.0526. The van der Waals surface area contributed by atoms with Crippen molar-refractivity contribution in [2.24, 2.45) is 0 Å². The van der Waals surface area contributed by atoms with Gasteiger partial charge in [-0.1, -0.05) is 29.3 Å². The highest BCUT2D eigenvalue weighted by atomic mass is 35.5. The van der Waals surface area contributed by atoms with E-state index in [2.05, 4.69) is 15.5 Å². The topological polar surface area (TPSA) is 80.2 Å². The lowest BCUT2D eigenvalue weighted by Gasteiger charge is -2.07. The molecule has 0 spiro atoms. The second-order valence-corrected chi connectivity index (χ2v) is 6.56. The molecule has 0 aliphatic rings. The Hall–Kier alpha value is -2.96. The first-order chi connectivity index (χ1) is 13.1. The first kappa shape index (κ1) is 17.5. The first-order valence-corrected chi connectivity index (χ1v) is 8.75. The van der Waals surface area contributed by atoms with Gasteiger partial charge in [0.15, 0.2) is 11.6 Å². The van der Waals surface area contributed by atoms with Crippen molar-refractivity contribution < 1.29 is 13.9 Å². The normalized spacial score (nSPS) is 10.9. The van der Waals surface area contributed by atoms with Gasteiger partial charge in [-0.3, -0.25) is 9.89 Å². The number of aromatic amines is 1. The fourth-order valence-corrected chi connectivity index (χ4v) is 2.88. The van der Waals surface area contributed by atoms with Gasteiger partial charge < -0.3 is 14.5 Å². The molecule has 2 aromatic heterocycles. The van der Waals surface area contributed by atoms with Crippen LogP contribution in [-0.4, -0.2) is 16.1 Å². The maximum Gasteiger partial charge on any atom is 0.292 e. The van der Waals surface area contributed by atoms with Gasteiger partial charge in [-0.15, -0.1) is 0 Å². The Bertz CT molecular complexity index is 1110. The van der Waals surface area contributed by atoms with Crippen LogP contribution in [0.4, 0.5) is 5.82 Å². The Kier molecular flexibility index (Phi) is 4.75. The number of benzene rings is 2. The molecule has 0 saturated heterocycles. The van der Waals surface area contributed by atoms with Crippen molar-refractivity contribution in [2.75, 3.05) is 5.32 Å². The number of halogens is 2. The third kappa shape index (κ3) is 3.77. The zero-order valence-corrected chi connectivity index (χ0v) is 15.3. The van der Waals surface area contributed by atoms with Crippen molar-refractivity contribution in [1.29, 1.82) is 0 Å². The Balaban J connectivity index is 1.48. The van der Waals surface area contributed by atoms with Gasteiger partial charge in [0.25, 0.3) is 5.91 Å². The van der Waals surface area contributed by atoms with Gasteiger partial charge in [-0.2, -0.15) is 5.10 Å². The van der Waals surface area contributed by atoms with E-state index in [1.165, 1.54) is 6.26 Å². The molecule has 0 radical (unpaired) electrons. The van der Waals surface area contributed by atoms with E-state index in [0.29, 0.717) is 28.2 Å². The van der Waals surface area contributed by atoms with Gasteiger partial charge in [-0.05, 0) is 42.0 Å². The average Bonchev–Trinajstić information content (AvgIpc) is 3.33. The van der Waals surface area contributed by atoms with E-state index in [9.17, 15) is 4.79 Å². The number of furan rings is 1. The number of hydrogen-bond donors (Lipinski definition) is 2. The molecule has 2 N–H and O–H groups in total. The van der Waals surface area contributed by atoms with E-state index in [1.807, 2.05) is 18.2 Å². The van der Waals surface area contributed by atoms with Gasteiger partial charge >= 0.3 is 0 Å². The van der Waals surface area contributed by atoms with Crippen LogP contribution >= 0.6 is 23.2 Å². The molecule has 27 heavy (non-hydrogen) atoms. The molecule has 0 bridgehead atoms. The number of carbonyl (C=O) groups is 1. The van der Waals surface area contributed by atoms with Crippen LogP contribution in [0.3, 0.4) is 0 Å². The van der Waals surface area contributed by atoms with Crippen LogP contribution in [0.2, 0.25) is 10.0 Å². The molecule has 0 fully saturated rings. The van der Waals surface area contributed by atoms with Crippen LogP contribution < -0.4 is 10.1 Å². The SMILES string of the molecule is O=C(Nc1n[nH]c2cc(OCc3ccc(Cl)c(Cl)c3)ccc12)c1ccco1. The molecule has 2 aromatic carbocycles. The lowest BCUT2D eigenvalue weighted by atomic mass is 10.2. The van der Waals surface area contributed by atoms with Crippen LogP contribution in [0.25, 0.3) is 10.9 Å². The van der Waals surface area contributed by atoms with Gasteiger partial charge in [0.1, 0.15) is 12.4 Å². The first-order valence-electron chi connectivity index (χ1n) is 8.00. The zero-order valence-electron chi connectivity index (χ0n) is 13.8. The molecule has 4 rings (SSSR count). The number of nitrogens with one attached hydrogen (secondary N) is 2. The Morgan fingerprint density at radius 1 is 1.15 bits per heavy atom. The summed E-state index contributed by atoms with van der Waals surface area (Å²) in [6, 6.07) is 14.0. The second-order valence-electron chi connectivity index (χ2n) is 5.75. The van der Waals surface area contributed by atoms with E-state index in [1.54, 1.807) is 30.3 Å². The van der Waals surface area contributed by atoms with Crippen LogP contribution in [0.1, 0.15) is 16.1 Å². The highest BCUT2D eigenvalue weighted by molar-refractivity contribution is 6.42. The highest BCUT2D eigenvalue weighted by Crippen LogP contribution is 2.27. The lowest BCUT2D eigenvalue weighted by molar-refractivity contribution is 0.0996. The number of anilines is 1. The summed E-state index contributed by atoms with van der Waals surface area (Å²) in [5.74, 6) is 0.921. The second kappa shape index (κ2) is 7.34. The van der Waals surface area contributed by atoms with Gasteiger partial charge in [0, 0.05) is 11.5 Å². The molecular formula is C19H13Cl2N3O3. The number of fused-ring (bicyclic) bond motifs is 1. The predicted octanol–water partition coefficient (Wildman–Crippen LogP) is 5.29. The summed E-state index contributed by atoms with van der Waals surface area (Å²) < 4.78 is 10.9. The largest absolute Gasteiger partial charge is 0.489 e. The molecule has 0 aliphatic carbocycles. The molecule has 0 atom stereocenters. The third-order valence-electron chi connectivity index (χ3n) is 3.90. The molecule has 0 aliphatic heterocycles. The zero-order chi connectivity index (χ0) is 18.8. The van der Waals surface area contributed by atoms with Crippen LogP contribution in [0, 0.1) is 0 Å². The molecule has 1 amide bonds. The predicted molar refractivity (Wildman–Crippen MR) is 104 cm³/mol. The molecule has 6 nitrogen and oxygen atoms in total. The van der Waals surface area contributed by atoms with Crippen LogP contribution in [-0.2, 0) is 6.61 Å². The summed E-state index contributed by atoms with van der Waals surface area (Å²) in [6.45, 7) is 0.346. The van der Waals surface area contributed by atoms with E-state index < -0.39 is 0 Å². The summed E-state index contributed by atoms with van der Waals surface area (Å²) in [4.78, 5) is 12.1. The Morgan fingerprint density at radius 3 is 2.81 bits per heavy atom. The van der Waals surface area contributed by atoms with Crippen molar-refractivity contribution in [3.63, 3.8) is 0 Å². The van der Waals surface area contributed by atoms with Gasteiger partial charge in [-0.25, -0.2) is 0 Å². The molecule has 0 unspecified atom stereocenters. The summed E-state index contributed by atoms with van der Waals surface area (Å²) in [5, 5.41) is 11.5. The fourth-order valence-electron chi connectivity index (χ4n) is 2.56. The third-order valence-corrected chi connectivity index (χ3v) is 4.64. The quantitative estimate of drug-likeness (QED) is 0.475. The summed E-state index contributed by atoms with van der Waals surface area (Å²) >= 11 is 11.9. The van der Waals surface area contributed by atoms with Crippen molar-refractivity contribution in [1.82, 2.24) is 10.2 Å². The number of amides is 1. The molecule has 0 saturated carbocycles. The van der Waals surface area contributed by atoms with Crippen molar-refractivity contribution in [3.05, 3.63) is 76.2 Å². The standard InChI is InChI=1S/C19H13Cl2N3O3/c20-14-6-3-11(8-15(14)21)10-27-12-4-5-13-16(9-12)23-24-18(13)22-19(25)17-2-1-7-26-17/h1-9H,10H2,(H2,22,23,24,25). The molecule has 136 valence electrons. The van der Waals surface area contributed by atoms with E-state index >= 15 is 0 Å². The van der Waals surface area contributed by atoms with Gasteiger partial charge in [0.2, 0.25) is 0 Å². The number of carbonyl (C=O) groups excluding carboxylic acids is 1. The molecule has 8 heteroatoms. The molecular weight excluding hydrogens is 389 g/mol. The van der Waals surface area contributed by atoms with Crippen LogP contribution in [0.15, 0.2) is 59.2 Å². The monoisotopic (exact) mass is 401 g/mol. The minimum Gasteiger partial charge on any atom is -0.489 e. The Morgan fingerprint density at radius 2 is 2.04 bits per heavy atom. The maximum absolute atomic E-state index is 12.1. The number of nitrogens with zero attached hydrogens (tertiary/aromatic N) is 1. The van der Waals surface area contributed by atoms with E-state index in [4.69, 9.17) is 32.4 Å². The molecule has 2 heterocycles. The van der Waals surface area contributed by atoms with E-state index in [-0.39, 0.29) is 11.7 Å². The number of rotatable bonds is 5. The number of H-pyrrole nitrogens is 1. The van der Waals surface area contributed by atoms with Crippen molar-refractivity contribution in [3.8, 4) is 5.75 Å². The number of hydrogen-bond acceptors (Lipinski definition) is 4. The molecule has 4 aromatic rings.